The fraction of sp³-hybridized carbons (Fsp3) is 0.562. The van der Waals surface area contributed by atoms with Crippen molar-refractivity contribution in [2.24, 2.45) is 11.7 Å². The lowest BCUT2D eigenvalue weighted by atomic mass is 9.96. The highest BCUT2D eigenvalue weighted by Gasteiger charge is 2.09. The van der Waals surface area contributed by atoms with Gasteiger partial charge in [-0.25, -0.2) is 0 Å². The lowest BCUT2D eigenvalue weighted by Crippen LogP contribution is -2.15. The molecule has 1 atom stereocenters. The monoisotopic (exact) mass is 278 g/mol. The van der Waals surface area contributed by atoms with E-state index in [4.69, 9.17) is 10.5 Å². The predicted molar refractivity (Wildman–Crippen MR) is 82.5 cm³/mol. The summed E-state index contributed by atoms with van der Waals surface area (Å²) >= 11 is 0. The number of methoxy groups -OCH3 is 1. The summed E-state index contributed by atoms with van der Waals surface area (Å²) in [6, 6.07) is 7.74. The van der Waals surface area contributed by atoms with Gasteiger partial charge in [-0.2, -0.15) is 0 Å². The molecule has 0 radical (unpaired) electrons. The Bertz CT molecular complexity index is 407. The largest absolute Gasteiger partial charge is 0.380 e. The summed E-state index contributed by atoms with van der Waals surface area (Å²) in [6.07, 6.45) is 3.52. The molecular formula is C16H26N2O2. The number of amides is 1. The molecule has 0 bridgehead atoms. The first kappa shape index (κ1) is 16.7. The number of ether oxygens (including phenoxy) is 1. The fourth-order valence-electron chi connectivity index (χ4n) is 2.25. The molecule has 0 saturated carbocycles. The molecule has 1 amide bonds. The number of carbonyl (C=O) groups excluding carboxylic acids is 1. The van der Waals surface area contributed by atoms with Crippen LogP contribution in [0.4, 0.5) is 5.69 Å². The Morgan fingerprint density at radius 1 is 1.40 bits per heavy atom. The first-order chi connectivity index (χ1) is 9.69. The molecule has 0 aliphatic heterocycles. The molecule has 1 aromatic rings. The Labute approximate surface area is 121 Å². The molecule has 0 saturated heterocycles. The van der Waals surface area contributed by atoms with Crippen LogP contribution in [0.3, 0.4) is 0 Å². The third-order valence-electron chi connectivity index (χ3n) is 3.45. The molecule has 1 unspecified atom stereocenters. The highest BCUT2D eigenvalue weighted by molar-refractivity contribution is 5.90. The molecule has 1 rings (SSSR count). The van der Waals surface area contributed by atoms with E-state index in [-0.39, 0.29) is 5.91 Å². The standard InChI is InChI=1S/C16H26N2O2/c1-3-13(9-10-17)7-8-16(19)18-15-6-4-5-14(11-15)12-20-2/h4-6,11,13H,3,7-10,12,17H2,1-2H3,(H,18,19). The van der Waals surface area contributed by atoms with Crippen LogP contribution in [0.15, 0.2) is 24.3 Å². The molecular weight excluding hydrogens is 252 g/mol. The molecule has 0 aromatic heterocycles. The number of nitrogens with one attached hydrogen (secondary N) is 1. The van der Waals surface area contributed by atoms with Crippen LogP contribution in [0.25, 0.3) is 0 Å². The van der Waals surface area contributed by atoms with E-state index in [1.807, 2.05) is 24.3 Å². The van der Waals surface area contributed by atoms with Crippen LogP contribution in [-0.4, -0.2) is 19.6 Å². The second-order valence-electron chi connectivity index (χ2n) is 5.07. The van der Waals surface area contributed by atoms with Crippen molar-refractivity contribution >= 4 is 11.6 Å². The van der Waals surface area contributed by atoms with Crippen molar-refractivity contribution in [3.8, 4) is 0 Å². The molecule has 1 aromatic carbocycles. The maximum Gasteiger partial charge on any atom is 0.224 e. The van der Waals surface area contributed by atoms with Gasteiger partial charge in [0.05, 0.1) is 6.61 Å². The molecule has 0 spiro atoms. The van der Waals surface area contributed by atoms with E-state index in [1.165, 1.54) is 0 Å². The van der Waals surface area contributed by atoms with E-state index >= 15 is 0 Å². The van der Waals surface area contributed by atoms with Crippen molar-refractivity contribution < 1.29 is 9.53 Å². The SMILES string of the molecule is CCC(CCN)CCC(=O)Nc1cccc(COC)c1. The van der Waals surface area contributed by atoms with Crippen molar-refractivity contribution in [2.45, 2.75) is 39.2 Å². The zero-order valence-electron chi connectivity index (χ0n) is 12.5. The van der Waals surface area contributed by atoms with Gasteiger partial charge >= 0.3 is 0 Å². The Morgan fingerprint density at radius 2 is 2.20 bits per heavy atom. The lowest BCUT2D eigenvalue weighted by molar-refractivity contribution is -0.116. The lowest BCUT2D eigenvalue weighted by Gasteiger charge is -2.13. The van der Waals surface area contributed by atoms with E-state index in [0.717, 1.165) is 30.5 Å². The number of rotatable bonds is 9. The topological polar surface area (TPSA) is 64.4 Å². The number of carbonyl (C=O) groups is 1. The average molecular weight is 278 g/mol. The molecule has 0 heterocycles. The molecule has 4 heteroatoms. The van der Waals surface area contributed by atoms with Gasteiger partial charge in [-0.1, -0.05) is 25.5 Å². The van der Waals surface area contributed by atoms with Gasteiger partial charge in [0.2, 0.25) is 5.91 Å². The Hall–Kier alpha value is -1.39. The fourth-order valence-corrected chi connectivity index (χ4v) is 2.25. The molecule has 3 N–H and O–H groups in total. The minimum atomic E-state index is 0.0649. The van der Waals surface area contributed by atoms with E-state index in [9.17, 15) is 4.79 Å². The van der Waals surface area contributed by atoms with Gasteiger partial charge in [0.1, 0.15) is 0 Å². The van der Waals surface area contributed by atoms with Gasteiger partial charge in [-0.05, 0) is 43.0 Å². The second-order valence-corrected chi connectivity index (χ2v) is 5.07. The summed E-state index contributed by atoms with van der Waals surface area (Å²) in [5.74, 6) is 0.612. The first-order valence-electron chi connectivity index (χ1n) is 7.27. The van der Waals surface area contributed by atoms with Crippen molar-refractivity contribution in [1.82, 2.24) is 0 Å². The molecule has 0 aliphatic carbocycles. The highest BCUT2D eigenvalue weighted by Crippen LogP contribution is 2.16. The van der Waals surface area contributed by atoms with Gasteiger partial charge in [0, 0.05) is 19.2 Å². The number of benzene rings is 1. The second kappa shape index (κ2) is 9.50. The summed E-state index contributed by atoms with van der Waals surface area (Å²) in [6.45, 7) is 3.39. The zero-order valence-corrected chi connectivity index (χ0v) is 12.5. The number of anilines is 1. The quantitative estimate of drug-likeness (QED) is 0.730. The van der Waals surface area contributed by atoms with Crippen LogP contribution in [0.5, 0.6) is 0 Å². The number of hydrogen-bond donors (Lipinski definition) is 2. The summed E-state index contributed by atoms with van der Waals surface area (Å²) < 4.78 is 5.08. The van der Waals surface area contributed by atoms with Crippen LogP contribution >= 0.6 is 0 Å². The van der Waals surface area contributed by atoms with Gasteiger partial charge < -0.3 is 15.8 Å². The van der Waals surface area contributed by atoms with Gasteiger partial charge in [-0.15, -0.1) is 0 Å². The van der Waals surface area contributed by atoms with E-state index in [0.29, 0.717) is 25.5 Å². The smallest absolute Gasteiger partial charge is 0.224 e. The van der Waals surface area contributed by atoms with Gasteiger partial charge in [0.15, 0.2) is 0 Å². The Kier molecular flexibility index (Phi) is 7.92. The van der Waals surface area contributed by atoms with Crippen molar-refractivity contribution in [3.05, 3.63) is 29.8 Å². The zero-order chi connectivity index (χ0) is 14.8. The molecule has 0 fully saturated rings. The predicted octanol–water partition coefficient (Wildman–Crippen LogP) is 2.93. The molecule has 0 aliphatic rings. The van der Waals surface area contributed by atoms with Crippen LogP contribution in [-0.2, 0) is 16.1 Å². The average Bonchev–Trinajstić information content (AvgIpc) is 2.44. The Morgan fingerprint density at radius 3 is 2.85 bits per heavy atom. The van der Waals surface area contributed by atoms with Crippen molar-refractivity contribution in [2.75, 3.05) is 19.0 Å². The van der Waals surface area contributed by atoms with Crippen LogP contribution in [0.1, 0.15) is 38.2 Å². The maximum atomic E-state index is 11.9. The summed E-state index contributed by atoms with van der Waals surface area (Å²) in [5, 5.41) is 2.94. The maximum absolute atomic E-state index is 11.9. The van der Waals surface area contributed by atoms with Crippen LogP contribution in [0, 0.1) is 5.92 Å². The molecule has 112 valence electrons. The molecule has 20 heavy (non-hydrogen) atoms. The Balaban J connectivity index is 2.43. The third kappa shape index (κ3) is 6.17. The van der Waals surface area contributed by atoms with Crippen LogP contribution < -0.4 is 11.1 Å². The summed E-state index contributed by atoms with van der Waals surface area (Å²) in [4.78, 5) is 11.9. The number of hydrogen-bond acceptors (Lipinski definition) is 3. The van der Waals surface area contributed by atoms with E-state index in [2.05, 4.69) is 12.2 Å². The highest BCUT2D eigenvalue weighted by atomic mass is 16.5. The minimum Gasteiger partial charge on any atom is -0.380 e. The van der Waals surface area contributed by atoms with E-state index in [1.54, 1.807) is 7.11 Å². The van der Waals surface area contributed by atoms with Crippen molar-refractivity contribution in [3.63, 3.8) is 0 Å². The third-order valence-corrected chi connectivity index (χ3v) is 3.45. The normalized spacial score (nSPS) is 12.2. The summed E-state index contributed by atoms with van der Waals surface area (Å²) in [5.41, 5.74) is 7.45. The minimum absolute atomic E-state index is 0.0649. The first-order valence-corrected chi connectivity index (χ1v) is 7.27. The van der Waals surface area contributed by atoms with E-state index < -0.39 is 0 Å². The molecule has 4 nitrogen and oxygen atoms in total. The van der Waals surface area contributed by atoms with Gasteiger partial charge in [0.25, 0.3) is 0 Å². The van der Waals surface area contributed by atoms with Crippen molar-refractivity contribution in [1.29, 1.82) is 0 Å². The van der Waals surface area contributed by atoms with Gasteiger partial charge in [-0.3, -0.25) is 4.79 Å². The number of nitrogens with two attached hydrogens (primary N) is 1. The van der Waals surface area contributed by atoms with Crippen LogP contribution in [0.2, 0.25) is 0 Å². The summed E-state index contributed by atoms with van der Waals surface area (Å²) in [7, 11) is 1.66.